The third kappa shape index (κ3) is 8.43. The Morgan fingerprint density at radius 2 is 1.40 bits per heavy atom. The fraction of sp³-hybridized carbons (Fsp3) is 0.212. The van der Waals surface area contributed by atoms with E-state index in [1.54, 1.807) is 31.4 Å². The lowest BCUT2D eigenvalue weighted by Crippen LogP contribution is -2.52. The van der Waals surface area contributed by atoms with Crippen LogP contribution in [0.3, 0.4) is 0 Å². The highest BCUT2D eigenvalue weighted by atomic mass is 19.1. The number of hydrogen-bond donors (Lipinski definition) is 1. The molecule has 2 amide bonds. The fourth-order valence-electron chi connectivity index (χ4n) is 4.33. The number of carbonyl (C=O) groups is 2. The number of amides is 2. The van der Waals surface area contributed by atoms with Crippen molar-refractivity contribution in [1.29, 1.82) is 0 Å². The lowest BCUT2D eigenvalue weighted by molar-refractivity contribution is -0.142. The zero-order valence-electron chi connectivity index (χ0n) is 22.5. The molecule has 0 aromatic heterocycles. The molecule has 0 aliphatic carbocycles. The quantitative estimate of drug-likeness (QED) is 0.253. The van der Waals surface area contributed by atoms with Crippen LogP contribution in [0.4, 0.5) is 4.39 Å². The van der Waals surface area contributed by atoms with Crippen LogP contribution < -0.4 is 14.8 Å². The average molecular weight is 541 g/mol. The summed E-state index contributed by atoms with van der Waals surface area (Å²) >= 11 is 0. The SMILES string of the molecule is COc1ccc(CCNC(=O)C(Cc2ccccc2)N(Cc2ccc(F)cc2)C(=O)COc2ccccc2)cc1. The van der Waals surface area contributed by atoms with Gasteiger partial charge < -0.3 is 19.7 Å². The average Bonchev–Trinajstić information content (AvgIpc) is 3.00. The van der Waals surface area contributed by atoms with Crippen molar-refractivity contribution in [3.8, 4) is 11.5 Å². The zero-order valence-corrected chi connectivity index (χ0v) is 22.5. The van der Waals surface area contributed by atoms with E-state index in [0.717, 1.165) is 16.9 Å². The van der Waals surface area contributed by atoms with Gasteiger partial charge in [-0.2, -0.15) is 0 Å². The van der Waals surface area contributed by atoms with Crippen molar-refractivity contribution in [2.45, 2.75) is 25.4 Å². The number of ether oxygens (including phenoxy) is 2. The number of nitrogens with zero attached hydrogens (tertiary/aromatic N) is 1. The maximum atomic E-state index is 13.7. The number of hydrogen-bond acceptors (Lipinski definition) is 4. The van der Waals surface area contributed by atoms with Gasteiger partial charge in [-0.05, 0) is 59.5 Å². The van der Waals surface area contributed by atoms with Crippen LogP contribution in [0.5, 0.6) is 11.5 Å². The molecule has 1 atom stereocenters. The van der Waals surface area contributed by atoms with Crippen molar-refractivity contribution in [3.63, 3.8) is 0 Å². The second-order valence-corrected chi connectivity index (χ2v) is 9.34. The molecule has 0 saturated carbocycles. The molecular formula is C33H33FN2O4. The molecule has 1 N–H and O–H groups in total. The topological polar surface area (TPSA) is 67.9 Å². The van der Waals surface area contributed by atoms with E-state index in [1.165, 1.54) is 17.0 Å². The van der Waals surface area contributed by atoms with E-state index in [2.05, 4.69) is 5.32 Å². The number of benzene rings is 4. The summed E-state index contributed by atoms with van der Waals surface area (Å²) < 4.78 is 24.6. The fourth-order valence-corrected chi connectivity index (χ4v) is 4.33. The van der Waals surface area contributed by atoms with Crippen molar-refractivity contribution >= 4 is 11.8 Å². The Bertz CT molecular complexity index is 1350. The number of halogens is 1. The molecule has 0 bridgehead atoms. The molecule has 40 heavy (non-hydrogen) atoms. The molecule has 4 aromatic carbocycles. The van der Waals surface area contributed by atoms with Gasteiger partial charge >= 0.3 is 0 Å². The highest BCUT2D eigenvalue weighted by molar-refractivity contribution is 5.88. The molecule has 0 aliphatic rings. The Hall–Kier alpha value is -4.65. The first-order chi connectivity index (χ1) is 19.5. The lowest BCUT2D eigenvalue weighted by atomic mass is 10.0. The van der Waals surface area contributed by atoms with Crippen molar-refractivity contribution < 1.29 is 23.5 Å². The monoisotopic (exact) mass is 540 g/mol. The number of rotatable bonds is 13. The minimum Gasteiger partial charge on any atom is -0.497 e. The van der Waals surface area contributed by atoms with Crippen molar-refractivity contribution in [2.75, 3.05) is 20.3 Å². The van der Waals surface area contributed by atoms with E-state index in [4.69, 9.17) is 9.47 Å². The number of nitrogens with one attached hydrogen (secondary N) is 1. The van der Waals surface area contributed by atoms with Crippen molar-refractivity contribution in [1.82, 2.24) is 10.2 Å². The van der Waals surface area contributed by atoms with Crippen LogP contribution in [-0.2, 0) is 29.0 Å². The number of para-hydroxylation sites is 1. The molecule has 0 saturated heterocycles. The largest absolute Gasteiger partial charge is 0.497 e. The summed E-state index contributed by atoms with van der Waals surface area (Å²) in [7, 11) is 1.62. The molecule has 0 radical (unpaired) electrons. The molecule has 7 heteroatoms. The van der Waals surface area contributed by atoms with Gasteiger partial charge in [0.15, 0.2) is 6.61 Å². The molecule has 0 heterocycles. The molecule has 4 rings (SSSR count). The van der Waals surface area contributed by atoms with Gasteiger partial charge in [-0.25, -0.2) is 4.39 Å². The summed E-state index contributed by atoms with van der Waals surface area (Å²) in [6, 6.07) is 31.4. The molecular weight excluding hydrogens is 507 g/mol. The third-order valence-electron chi connectivity index (χ3n) is 6.51. The highest BCUT2D eigenvalue weighted by Gasteiger charge is 2.30. The van der Waals surface area contributed by atoms with Gasteiger partial charge in [-0.1, -0.05) is 72.8 Å². The lowest BCUT2D eigenvalue weighted by Gasteiger charge is -2.31. The number of carbonyl (C=O) groups excluding carboxylic acids is 2. The van der Waals surface area contributed by atoms with E-state index >= 15 is 0 Å². The van der Waals surface area contributed by atoms with Gasteiger partial charge in [0.25, 0.3) is 5.91 Å². The van der Waals surface area contributed by atoms with E-state index in [-0.39, 0.29) is 30.8 Å². The predicted octanol–water partition coefficient (Wildman–Crippen LogP) is 5.21. The first-order valence-electron chi connectivity index (χ1n) is 13.2. The second-order valence-electron chi connectivity index (χ2n) is 9.34. The van der Waals surface area contributed by atoms with E-state index in [0.29, 0.717) is 30.7 Å². The first-order valence-corrected chi connectivity index (χ1v) is 13.2. The molecule has 6 nitrogen and oxygen atoms in total. The van der Waals surface area contributed by atoms with Gasteiger partial charge in [0, 0.05) is 19.5 Å². The predicted molar refractivity (Wildman–Crippen MR) is 153 cm³/mol. The maximum Gasteiger partial charge on any atom is 0.261 e. The standard InChI is InChI=1S/C33H33FN2O4/c1-39-29-18-14-25(15-19-29)20-21-35-33(38)31(22-26-8-4-2-5-9-26)36(23-27-12-16-28(34)17-13-27)32(37)24-40-30-10-6-3-7-11-30/h2-19,31H,20-24H2,1H3,(H,35,38). The van der Waals surface area contributed by atoms with Crippen LogP contribution >= 0.6 is 0 Å². The Balaban J connectivity index is 1.54. The maximum absolute atomic E-state index is 13.7. The molecule has 0 spiro atoms. The van der Waals surface area contributed by atoms with Gasteiger partial charge in [0.1, 0.15) is 23.4 Å². The molecule has 0 fully saturated rings. The summed E-state index contributed by atoms with van der Waals surface area (Å²) in [5.41, 5.74) is 2.67. The van der Waals surface area contributed by atoms with Gasteiger partial charge in [0.2, 0.25) is 5.91 Å². The second kappa shape index (κ2) is 14.5. The van der Waals surface area contributed by atoms with Crippen LogP contribution in [0.2, 0.25) is 0 Å². The Labute approximate surface area is 234 Å². The Kier molecular flexibility index (Phi) is 10.3. The highest BCUT2D eigenvalue weighted by Crippen LogP contribution is 2.17. The van der Waals surface area contributed by atoms with Gasteiger partial charge in [-0.3, -0.25) is 9.59 Å². The molecule has 0 aliphatic heterocycles. The van der Waals surface area contributed by atoms with E-state index < -0.39 is 6.04 Å². The Morgan fingerprint density at radius 3 is 2.05 bits per heavy atom. The summed E-state index contributed by atoms with van der Waals surface area (Å²) in [5.74, 6) is 0.336. The van der Waals surface area contributed by atoms with Crippen molar-refractivity contribution in [3.05, 3.63) is 132 Å². The zero-order chi connectivity index (χ0) is 28.2. The third-order valence-corrected chi connectivity index (χ3v) is 6.51. The molecule has 4 aromatic rings. The summed E-state index contributed by atoms with van der Waals surface area (Å²) in [4.78, 5) is 28.8. The van der Waals surface area contributed by atoms with E-state index in [1.807, 2.05) is 72.8 Å². The van der Waals surface area contributed by atoms with Crippen molar-refractivity contribution in [2.24, 2.45) is 0 Å². The van der Waals surface area contributed by atoms with E-state index in [9.17, 15) is 14.0 Å². The number of methoxy groups -OCH3 is 1. The summed E-state index contributed by atoms with van der Waals surface area (Å²) in [5, 5.41) is 3.02. The van der Waals surface area contributed by atoms with Crippen LogP contribution in [0.1, 0.15) is 16.7 Å². The minimum absolute atomic E-state index is 0.126. The normalized spacial score (nSPS) is 11.3. The van der Waals surface area contributed by atoms with Crippen LogP contribution in [0.15, 0.2) is 109 Å². The Morgan fingerprint density at radius 1 is 0.775 bits per heavy atom. The van der Waals surface area contributed by atoms with Gasteiger partial charge in [-0.15, -0.1) is 0 Å². The summed E-state index contributed by atoms with van der Waals surface area (Å²) in [6.45, 7) is 0.284. The first kappa shape index (κ1) is 28.4. The molecule has 1 unspecified atom stereocenters. The van der Waals surface area contributed by atoms with Crippen LogP contribution in [0, 0.1) is 5.82 Å². The summed E-state index contributed by atoms with van der Waals surface area (Å²) in [6.07, 6.45) is 0.935. The van der Waals surface area contributed by atoms with Crippen LogP contribution in [-0.4, -0.2) is 43.0 Å². The van der Waals surface area contributed by atoms with Gasteiger partial charge in [0.05, 0.1) is 7.11 Å². The minimum atomic E-state index is -0.810. The van der Waals surface area contributed by atoms with Crippen LogP contribution in [0.25, 0.3) is 0 Å². The smallest absolute Gasteiger partial charge is 0.261 e. The molecule has 206 valence electrons.